The largest absolute Gasteiger partial charge is 0.0795 e. The van der Waals surface area contributed by atoms with Crippen molar-refractivity contribution in [3.63, 3.8) is 0 Å². The van der Waals surface area contributed by atoms with Crippen LogP contribution in [0.5, 0.6) is 0 Å². The van der Waals surface area contributed by atoms with Crippen LogP contribution in [-0.4, -0.2) is 0 Å². The molecule has 11 heavy (non-hydrogen) atoms. The monoisotopic (exact) mass is 144 g/mol. The normalized spacial score (nSPS) is 13.6. The van der Waals surface area contributed by atoms with Gasteiger partial charge in [-0.3, -0.25) is 0 Å². The van der Waals surface area contributed by atoms with E-state index in [1.54, 1.807) is 0 Å². The molecule has 1 aliphatic carbocycles. The fourth-order valence-corrected chi connectivity index (χ4v) is 1.78. The lowest BCUT2D eigenvalue weighted by Crippen LogP contribution is -1.87. The number of hydrogen-bond donors (Lipinski definition) is 0. The first-order valence-electron chi connectivity index (χ1n) is 4.04. The van der Waals surface area contributed by atoms with Gasteiger partial charge in [0.25, 0.3) is 0 Å². The second kappa shape index (κ2) is 2.23. The Hall–Kier alpha value is -1.04. The summed E-state index contributed by atoms with van der Waals surface area (Å²) in [5, 5.41) is 0. The maximum Gasteiger partial charge on any atom is -0.00880 e. The SMILES string of the molecule is Cc1cc(C)c2c(c1)CC=C2. The lowest BCUT2D eigenvalue weighted by molar-refractivity contribution is 1.25. The summed E-state index contributed by atoms with van der Waals surface area (Å²) in [4.78, 5) is 0. The molecule has 0 unspecified atom stereocenters. The van der Waals surface area contributed by atoms with Crippen LogP contribution in [0.1, 0.15) is 22.3 Å². The summed E-state index contributed by atoms with van der Waals surface area (Å²) < 4.78 is 0. The van der Waals surface area contributed by atoms with E-state index in [1.165, 1.54) is 22.3 Å². The van der Waals surface area contributed by atoms with Gasteiger partial charge in [-0.25, -0.2) is 0 Å². The summed E-state index contributed by atoms with van der Waals surface area (Å²) in [6, 6.07) is 4.52. The molecule has 0 aliphatic heterocycles. The average molecular weight is 144 g/mol. The van der Waals surface area contributed by atoms with Gasteiger partial charge in [0, 0.05) is 0 Å². The first kappa shape index (κ1) is 6.66. The zero-order valence-corrected chi connectivity index (χ0v) is 7.02. The summed E-state index contributed by atoms with van der Waals surface area (Å²) in [5.41, 5.74) is 5.72. The fourth-order valence-electron chi connectivity index (χ4n) is 1.78. The molecule has 0 atom stereocenters. The summed E-state index contributed by atoms with van der Waals surface area (Å²) in [7, 11) is 0. The van der Waals surface area contributed by atoms with Gasteiger partial charge in [0.2, 0.25) is 0 Å². The number of allylic oxidation sites excluding steroid dienone is 1. The molecule has 56 valence electrons. The van der Waals surface area contributed by atoms with Crippen LogP contribution in [0, 0.1) is 13.8 Å². The van der Waals surface area contributed by atoms with Gasteiger partial charge in [-0.15, -0.1) is 0 Å². The second-order valence-corrected chi connectivity index (χ2v) is 3.26. The number of aryl methyl sites for hydroxylation is 2. The van der Waals surface area contributed by atoms with Crippen molar-refractivity contribution < 1.29 is 0 Å². The highest BCUT2D eigenvalue weighted by Gasteiger charge is 2.06. The van der Waals surface area contributed by atoms with Gasteiger partial charge in [-0.1, -0.05) is 29.8 Å². The van der Waals surface area contributed by atoms with Gasteiger partial charge in [0.05, 0.1) is 0 Å². The standard InChI is InChI=1S/C11H12/c1-8-6-9(2)11-5-3-4-10(11)7-8/h3,5-7H,4H2,1-2H3. The molecule has 0 radical (unpaired) electrons. The molecule has 1 aromatic carbocycles. The molecule has 0 N–H and O–H groups in total. The van der Waals surface area contributed by atoms with Crippen LogP contribution in [0.2, 0.25) is 0 Å². The van der Waals surface area contributed by atoms with Crippen LogP contribution in [0.3, 0.4) is 0 Å². The summed E-state index contributed by atoms with van der Waals surface area (Å²) >= 11 is 0. The van der Waals surface area contributed by atoms with E-state index in [2.05, 4.69) is 38.1 Å². The van der Waals surface area contributed by atoms with Gasteiger partial charge in [-0.05, 0) is 37.0 Å². The number of benzene rings is 1. The van der Waals surface area contributed by atoms with Crippen LogP contribution in [0.15, 0.2) is 18.2 Å². The van der Waals surface area contributed by atoms with Crippen molar-refractivity contribution in [1.82, 2.24) is 0 Å². The minimum Gasteiger partial charge on any atom is -0.0795 e. The van der Waals surface area contributed by atoms with E-state index in [1.807, 2.05) is 0 Å². The molecule has 0 bridgehead atoms. The Balaban J connectivity index is 2.67. The summed E-state index contributed by atoms with van der Waals surface area (Å²) in [6.07, 6.45) is 5.58. The van der Waals surface area contributed by atoms with Crippen LogP contribution in [0.4, 0.5) is 0 Å². The Kier molecular flexibility index (Phi) is 1.35. The van der Waals surface area contributed by atoms with Gasteiger partial charge in [-0.2, -0.15) is 0 Å². The Morgan fingerprint density at radius 1 is 1.18 bits per heavy atom. The van der Waals surface area contributed by atoms with Crippen LogP contribution >= 0.6 is 0 Å². The molecule has 0 amide bonds. The van der Waals surface area contributed by atoms with Crippen molar-refractivity contribution in [3.8, 4) is 0 Å². The van der Waals surface area contributed by atoms with E-state index in [0.717, 1.165) is 6.42 Å². The van der Waals surface area contributed by atoms with E-state index in [-0.39, 0.29) is 0 Å². The molecule has 0 saturated carbocycles. The van der Waals surface area contributed by atoms with E-state index in [9.17, 15) is 0 Å². The van der Waals surface area contributed by atoms with E-state index in [4.69, 9.17) is 0 Å². The average Bonchev–Trinajstić information content (AvgIpc) is 2.34. The number of fused-ring (bicyclic) bond motifs is 1. The molecule has 0 heteroatoms. The minimum atomic E-state index is 1.12. The molecule has 0 nitrogen and oxygen atoms in total. The maximum atomic E-state index is 2.28. The Morgan fingerprint density at radius 3 is 2.82 bits per heavy atom. The molecule has 0 aromatic heterocycles. The topological polar surface area (TPSA) is 0 Å². The molecule has 2 rings (SSSR count). The van der Waals surface area contributed by atoms with Crippen molar-refractivity contribution in [2.45, 2.75) is 20.3 Å². The molecular weight excluding hydrogens is 132 g/mol. The zero-order valence-electron chi connectivity index (χ0n) is 7.02. The number of rotatable bonds is 0. The molecule has 0 spiro atoms. The highest BCUT2D eigenvalue weighted by Crippen LogP contribution is 2.23. The summed E-state index contributed by atoms with van der Waals surface area (Å²) in [6.45, 7) is 4.34. The minimum absolute atomic E-state index is 1.12. The van der Waals surface area contributed by atoms with Crippen molar-refractivity contribution in [1.29, 1.82) is 0 Å². The van der Waals surface area contributed by atoms with E-state index >= 15 is 0 Å². The van der Waals surface area contributed by atoms with Crippen LogP contribution in [-0.2, 0) is 6.42 Å². The lowest BCUT2D eigenvalue weighted by Gasteiger charge is -2.04. The van der Waals surface area contributed by atoms with E-state index < -0.39 is 0 Å². The molecular formula is C11H12. The third-order valence-corrected chi connectivity index (χ3v) is 2.24. The highest BCUT2D eigenvalue weighted by atomic mass is 14.1. The number of hydrogen-bond acceptors (Lipinski definition) is 0. The molecule has 0 heterocycles. The smallest absolute Gasteiger partial charge is 0.00880 e. The molecule has 0 saturated heterocycles. The van der Waals surface area contributed by atoms with Crippen molar-refractivity contribution in [2.24, 2.45) is 0 Å². The third-order valence-electron chi connectivity index (χ3n) is 2.24. The van der Waals surface area contributed by atoms with Crippen molar-refractivity contribution >= 4 is 6.08 Å². The van der Waals surface area contributed by atoms with Crippen molar-refractivity contribution in [2.75, 3.05) is 0 Å². The fraction of sp³-hybridized carbons (Fsp3) is 0.273. The van der Waals surface area contributed by atoms with Gasteiger partial charge < -0.3 is 0 Å². The Morgan fingerprint density at radius 2 is 2.00 bits per heavy atom. The second-order valence-electron chi connectivity index (χ2n) is 3.26. The Labute approximate surface area is 67.6 Å². The molecule has 1 aliphatic rings. The van der Waals surface area contributed by atoms with Crippen LogP contribution < -0.4 is 0 Å². The van der Waals surface area contributed by atoms with Gasteiger partial charge in [0.1, 0.15) is 0 Å². The predicted octanol–water partition coefficient (Wildman–Crippen LogP) is 2.87. The van der Waals surface area contributed by atoms with Crippen LogP contribution in [0.25, 0.3) is 6.08 Å². The first-order valence-corrected chi connectivity index (χ1v) is 4.04. The first-order chi connectivity index (χ1) is 5.27. The van der Waals surface area contributed by atoms with E-state index in [0.29, 0.717) is 0 Å². The van der Waals surface area contributed by atoms with Gasteiger partial charge >= 0.3 is 0 Å². The molecule has 1 aromatic rings. The Bertz CT molecular complexity index is 319. The van der Waals surface area contributed by atoms with Gasteiger partial charge in [0.15, 0.2) is 0 Å². The lowest BCUT2D eigenvalue weighted by atomic mass is 10.0. The maximum absolute atomic E-state index is 2.28. The predicted molar refractivity (Wildman–Crippen MR) is 48.7 cm³/mol. The zero-order chi connectivity index (χ0) is 7.84. The molecule has 0 fully saturated rings. The summed E-state index contributed by atoms with van der Waals surface area (Å²) in [5.74, 6) is 0. The third kappa shape index (κ3) is 0.988. The highest BCUT2D eigenvalue weighted by molar-refractivity contribution is 5.63. The van der Waals surface area contributed by atoms with Crippen molar-refractivity contribution in [3.05, 3.63) is 40.5 Å². The quantitative estimate of drug-likeness (QED) is 0.525.